The van der Waals surface area contributed by atoms with E-state index in [1.54, 1.807) is 7.11 Å². The van der Waals surface area contributed by atoms with Gasteiger partial charge in [-0.15, -0.1) is 0 Å². The van der Waals surface area contributed by atoms with Crippen molar-refractivity contribution in [3.8, 4) is 11.5 Å². The maximum atomic E-state index is 11.1. The first kappa shape index (κ1) is 18.0. The van der Waals surface area contributed by atoms with Gasteiger partial charge < -0.3 is 19.3 Å². The molecule has 2 heterocycles. The number of rotatable bonds is 7. The molecule has 1 aromatic rings. The molecule has 0 amide bonds. The van der Waals surface area contributed by atoms with Crippen LogP contribution in [0.1, 0.15) is 31.2 Å². The van der Waals surface area contributed by atoms with Crippen molar-refractivity contribution >= 4 is 5.97 Å². The van der Waals surface area contributed by atoms with Crippen LogP contribution in [0, 0.1) is 5.92 Å². The number of likely N-dealkylation sites (tertiary alicyclic amines) is 1. The molecule has 2 fully saturated rings. The van der Waals surface area contributed by atoms with E-state index in [-0.39, 0.29) is 12.0 Å². The van der Waals surface area contributed by atoms with E-state index in [1.807, 2.05) is 12.1 Å². The molecule has 6 heteroatoms. The predicted octanol–water partition coefficient (Wildman–Crippen LogP) is 2.55. The Kier molecular flexibility index (Phi) is 6.15. The first-order chi connectivity index (χ1) is 12.2. The number of aliphatic carboxylic acids is 1. The van der Waals surface area contributed by atoms with Crippen LogP contribution in [0.4, 0.5) is 0 Å². The summed E-state index contributed by atoms with van der Waals surface area (Å²) in [5, 5.41) is 9.13. The summed E-state index contributed by atoms with van der Waals surface area (Å²) in [4.78, 5) is 13.4. The van der Waals surface area contributed by atoms with Gasteiger partial charge in [-0.25, -0.2) is 0 Å². The number of methoxy groups -OCH3 is 1. The molecule has 25 heavy (non-hydrogen) atoms. The fourth-order valence-electron chi connectivity index (χ4n) is 3.54. The molecule has 1 unspecified atom stereocenters. The lowest BCUT2D eigenvalue weighted by atomic mass is 9.97. The van der Waals surface area contributed by atoms with E-state index in [9.17, 15) is 4.79 Å². The number of carboxylic acid groups (broad SMARTS) is 1. The lowest BCUT2D eigenvalue weighted by molar-refractivity contribution is -0.143. The smallest absolute Gasteiger partial charge is 0.306 e. The number of benzene rings is 1. The number of nitrogens with zero attached hydrogens (tertiary/aromatic N) is 1. The average Bonchev–Trinajstić information content (AvgIpc) is 3.14. The van der Waals surface area contributed by atoms with Crippen LogP contribution < -0.4 is 9.47 Å². The summed E-state index contributed by atoms with van der Waals surface area (Å²) in [6.07, 6.45) is 3.68. The highest BCUT2D eigenvalue weighted by Gasteiger charge is 2.25. The van der Waals surface area contributed by atoms with Gasteiger partial charge >= 0.3 is 5.97 Å². The van der Waals surface area contributed by atoms with Crippen molar-refractivity contribution in [2.75, 3.05) is 33.4 Å². The van der Waals surface area contributed by atoms with Crippen LogP contribution in [0.15, 0.2) is 18.2 Å². The van der Waals surface area contributed by atoms with Gasteiger partial charge in [-0.05, 0) is 44.8 Å². The zero-order valence-corrected chi connectivity index (χ0v) is 14.8. The monoisotopic (exact) mass is 349 g/mol. The number of carbonyl (C=O) groups is 1. The van der Waals surface area contributed by atoms with Crippen molar-refractivity contribution in [1.29, 1.82) is 0 Å². The summed E-state index contributed by atoms with van der Waals surface area (Å²) >= 11 is 0. The standard InChI is InChI=1S/C19H27NO5/c1-23-17-6-2-4-15(18(17)25-13-16-5-3-11-24-16)12-20-9-7-14(8-10-20)19(21)22/h2,4,6,14,16H,3,5,7-13H2,1H3,(H,21,22). The number of ether oxygens (including phenoxy) is 3. The van der Waals surface area contributed by atoms with E-state index >= 15 is 0 Å². The van der Waals surface area contributed by atoms with Crippen molar-refractivity contribution in [2.24, 2.45) is 5.92 Å². The summed E-state index contributed by atoms with van der Waals surface area (Å²) in [5.74, 6) is 0.621. The minimum Gasteiger partial charge on any atom is -0.493 e. The molecule has 6 nitrogen and oxygen atoms in total. The highest BCUT2D eigenvalue weighted by Crippen LogP contribution is 2.33. The van der Waals surface area contributed by atoms with Gasteiger partial charge in [-0.2, -0.15) is 0 Å². The Morgan fingerprint density at radius 3 is 2.76 bits per heavy atom. The third-order valence-corrected chi connectivity index (χ3v) is 5.05. The largest absolute Gasteiger partial charge is 0.493 e. The van der Waals surface area contributed by atoms with Gasteiger partial charge in [-0.3, -0.25) is 9.69 Å². The Labute approximate surface area is 148 Å². The second-order valence-electron chi connectivity index (χ2n) is 6.78. The molecule has 138 valence electrons. The summed E-state index contributed by atoms with van der Waals surface area (Å²) in [6.45, 7) is 3.67. The highest BCUT2D eigenvalue weighted by atomic mass is 16.5. The molecule has 1 aromatic carbocycles. The molecule has 2 aliphatic rings. The highest BCUT2D eigenvalue weighted by molar-refractivity contribution is 5.70. The molecule has 0 aliphatic carbocycles. The Morgan fingerprint density at radius 2 is 2.12 bits per heavy atom. The minimum atomic E-state index is -0.679. The molecule has 1 atom stereocenters. The van der Waals surface area contributed by atoms with Crippen molar-refractivity contribution in [3.63, 3.8) is 0 Å². The second kappa shape index (κ2) is 8.54. The van der Waals surface area contributed by atoms with Gasteiger partial charge in [0.05, 0.1) is 19.1 Å². The van der Waals surface area contributed by atoms with Crippen molar-refractivity contribution in [3.05, 3.63) is 23.8 Å². The molecule has 0 aromatic heterocycles. The number of hydrogen-bond donors (Lipinski definition) is 1. The fourth-order valence-corrected chi connectivity index (χ4v) is 3.54. The lowest BCUT2D eigenvalue weighted by Gasteiger charge is -2.30. The number of hydrogen-bond acceptors (Lipinski definition) is 5. The number of piperidine rings is 1. The minimum absolute atomic E-state index is 0.157. The van der Waals surface area contributed by atoms with Crippen LogP contribution in [0.25, 0.3) is 0 Å². The zero-order chi connectivity index (χ0) is 17.6. The van der Waals surface area contributed by atoms with E-state index in [2.05, 4.69) is 11.0 Å². The van der Waals surface area contributed by atoms with Crippen LogP contribution >= 0.6 is 0 Å². The maximum Gasteiger partial charge on any atom is 0.306 e. The lowest BCUT2D eigenvalue weighted by Crippen LogP contribution is -2.36. The maximum absolute atomic E-state index is 11.1. The molecule has 2 aliphatic heterocycles. The van der Waals surface area contributed by atoms with Crippen molar-refractivity contribution < 1.29 is 24.1 Å². The predicted molar refractivity (Wildman–Crippen MR) is 93.1 cm³/mol. The Balaban J connectivity index is 1.64. The molecule has 0 bridgehead atoms. The number of para-hydroxylation sites is 1. The molecule has 2 saturated heterocycles. The Morgan fingerprint density at radius 1 is 1.32 bits per heavy atom. The van der Waals surface area contributed by atoms with E-state index in [4.69, 9.17) is 19.3 Å². The summed E-state index contributed by atoms with van der Waals surface area (Å²) in [5.41, 5.74) is 1.08. The fraction of sp³-hybridized carbons (Fsp3) is 0.632. The quantitative estimate of drug-likeness (QED) is 0.816. The Bertz CT molecular complexity index is 577. The first-order valence-electron chi connectivity index (χ1n) is 9.03. The van der Waals surface area contributed by atoms with Crippen LogP contribution in [0.5, 0.6) is 11.5 Å². The zero-order valence-electron chi connectivity index (χ0n) is 14.8. The van der Waals surface area contributed by atoms with Gasteiger partial charge in [0.1, 0.15) is 6.61 Å². The average molecular weight is 349 g/mol. The van der Waals surface area contributed by atoms with Gasteiger partial charge in [0.15, 0.2) is 11.5 Å². The van der Waals surface area contributed by atoms with E-state index in [1.165, 1.54) is 0 Å². The van der Waals surface area contributed by atoms with Gasteiger partial charge in [-0.1, -0.05) is 12.1 Å². The van der Waals surface area contributed by atoms with Gasteiger partial charge in [0, 0.05) is 18.7 Å². The van der Waals surface area contributed by atoms with Gasteiger partial charge in [0.2, 0.25) is 0 Å². The Hall–Kier alpha value is -1.79. The molecule has 0 radical (unpaired) electrons. The van der Waals surface area contributed by atoms with E-state index in [0.29, 0.717) is 19.4 Å². The van der Waals surface area contributed by atoms with Crippen LogP contribution in [0.3, 0.4) is 0 Å². The summed E-state index contributed by atoms with van der Waals surface area (Å²) in [6, 6.07) is 5.93. The topological polar surface area (TPSA) is 68.2 Å². The summed E-state index contributed by atoms with van der Waals surface area (Å²) < 4.78 is 17.2. The van der Waals surface area contributed by atoms with Crippen molar-refractivity contribution in [1.82, 2.24) is 4.90 Å². The molecule has 3 rings (SSSR count). The van der Waals surface area contributed by atoms with Crippen molar-refractivity contribution in [2.45, 2.75) is 38.3 Å². The summed E-state index contributed by atoms with van der Waals surface area (Å²) in [7, 11) is 1.65. The third-order valence-electron chi connectivity index (χ3n) is 5.05. The van der Waals surface area contributed by atoms with E-state index < -0.39 is 5.97 Å². The second-order valence-corrected chi connectivity index (χ2v) is 6.78. The molecule has 0 saturated carbocycles. The van der Waals surface area contributed by atoms with Crippen LogP contribution in [-0.2, 0) is 16.1 Å². The first-order valence-corrected chi connectivity index (χ1v) is 9.03. The molecule has 0 spiro atoms. The SMILES string of the molecule is COc1cccc(CN2CCC(C(=O)O)CC2)c1OCC1CCCO1. The van der Waals surface area contributed by atoms with Crippen LogP contribution in [0.2, 0.25) is 0 Å². The molecular weight excluding hydrogens is 322 g/mol. The van der Waals surface area contributed by atoms with Crippen LogP contribution in [-0.4, -0.2) is 55.5 Å². The molecule has 1 N–H and O–H groups in total. The number of carboxylic acids is 1. The normalized spacial score (nSPS) is 22.0. The van der Waals surface area contributed by atoms with E-state index in [0.717, 1.165) is 56.1 Å². The van der Waals surface area contributed by atoms with Gasteiger partial charge in [0.25, 0.3) is 0 Å². The molecular formula is C19H27NO5. The third kappa shape index (κ3) is 4.64.